The summed E-state index contributed by atoms with van der Waals surface area (Å²) < 4.78 is 59.3. The molecule has 0 radical (unpaired) electrons. The second-order valence-electron chi connectivity index (χ2n) is 3.57. The van der Waals surface area contributed by atoms with Crippen molar-refractivity contribution >= 4 is 11.6 Å². The number of aromatic nitrogens is 6. The molecule has 0 aromatic carbocycles. The lowest BCUT2D eigenvalue weighted by Gasteiger charge is -2.13. The first-order chi connectivity index (χ1) is 11.9. The first-order valence-corrected chi connectivity index (χ1v) is 5.13. The molecule has 0 bridgehead atoms. The van der Waals surface area contributed by atoms with Crippen molar-refractivity contribution in [2.45, 2.75) is 19.8 Å². The zero-order valence-corrected chi connectivity index (χ0v) is 9.45. The predicted octanol–water partition coefficient (Wildman–Crippen LogP) is 0.884. The number of nitrogens with zero attached hydrogens (tertiary/aromatic N) is 5. The molecule has 0 spiro atoms. The fourth-order valence-electron chi connectivity index (χ4n) is 1.62. The molecule has 8 nitrogen and oxygen atoms in total. The van der Waals surface area contributed by atoms with Gasteiger partial charge in [0.25, 0.3) is 0 Å². The molecule has 0 saturated carbocycles. The van der Waals surface area contributed by atoms with E-state index in [1.807, 2.05) is 0 Å². The van der Waals surface area contributed by atoms with Crippen molar-refractivity contribution in [2.75, 3.05) is 5.73 Å². The second-order valence-corrected chi connectivity index (χ2v) is 3.57. The van der Waals surface area contributed by atoms with Gasteiger partial charge in [-0.3, -0.25) is 5.10 Å². The Labute approximate surface area is 118 Å². The van der Waals surface area contributed by atoms with Crippen LogP contribution in [0.1, 0.15) is 23.3 Å². The summed E-state index contributed by atoms with van der Waals surface area (Å²) in [6.07, 6.45) is 0.791. The van der Waals surface area contributed by atoms with E-state index in [4.69, 9.17) is 20.1 Å². The molecule has 0 fully saturated rings. The second kappa shape index (κ2) is 4.23. The summed E-state index contributed by atoms with van der Waals surface area (Å²) in [4.78, 5) is 7.97. The minimum absolute atomic E-state index is 0.0151. The zero-order valence-electron chi connectivity index (χ0n) is 16.5. The van der Waals surface area contributed by atoms with Gasteiger partial charge in [-0.25, -0.2) is 4.98 Å². The molecule has 0 atom stereocenters. The van der Waals surface area contributed by atoms with Gasteiger partial charge in [0.15, 0.2) is 5.65 Å². The Hall–Kier alpha value is -2.64. The van der Waals surface area contributed by atoms with E-state index >= 15 is 0 Å². The number of nitrogens with two attached hydrogens (primary N) is 1. The third kappa shape index (κ3) is 1.96. The van der Waals surface area contributed by atoms with Gasteiger partial charge in [0, 0.05) is 20.0 Å². The van der Waals surface area contributed by atoms with E-state index < -0.39 is 25.7 Å². The molecule has 98 valence electrons. The number of hydrogen-bond acceptors (Lipinski definition) is 6. The molecule has 8 heteroatoms. The van der Waals surface area contributed by atoms with E-state index in [1.165, 1.54) is 18.6 Å². The molecule has 0 unspecified atom stereocenters. The highest BCUT2D eigenvalue weighted by Crippen LogP contribution is 2.28. The predicted molar refractivity (Wildman–Crippen MR) is 68.5 cm³/mol. The molecule has 0 saturated heterocycles. The first-order valence-electron chi connectivity index (χ1n) is 8.63. The van der Waals surface area contributed by atoms with Crippen molar-refractivity contribution in [1.29, 1.82) is 0 Å². The molecular formula is C11H13N7O. The van der Waals surface area contributed by atoms with Crippen molar-refractivity contribution in [1.82, 2.24) is 29.8 Å². The molecule has 3 rings (SSSR count). The summed E-state index contributed by atoms with van der Waals surface area (Å²) in [5, 5.41) is 10.2. The van der Waals surface area contributed by atoms with Crippen molar-refractivity contribution in [3.8, 4) is 17.1 Å². The lowest BCUT2D eigenvalue weighted by atomic mass is 10.2. The maximum absolute atomic E-state index is 8.07. The summed E-state index contributed by atoms with van der Waals surface area (Å²) in [5.41, 5.74) is 6.01. The minimum Gasteiger partial charge on any atom is -0.473 e. The van der Waals surface area contributed by atoms with Gasteiger partial charge in [-0.1, -0.05) is 0 Å². The van der Waals surface area contributed by atoms with Gasteiger partial charge < -0.3 is 10.5 Å². The van der Waals surface area contributed by atoms with E-state index in [2.05, 4.69) is 25.3 Å². The molecule has 19 heavy (non-hydrogen) atoms. The van der Waals surface area contributed by atoms with Gasteiger partial charge in [-0.2, -0.15) is 14.6 Å². The molecule has 3 N–H and O–H groups in total. The number of nitrogen functional groups attached to an aromatic ring is 1. The summed E-state index contributed by atoms with van der Waals surface area (Å²) >= 11 is 0. The van der Waals surface area contributed by atoms with E-state index in [1.54, 1.807) is 0 Å². The molecule has 0 aliphatic carbocycles. The highest BCUT2D eigenvalue weighted by Gasteiger charge is 2.17. The highest BCUT2D eigenvalue weighted by molar-refractivity contribution is 5.65. The average molecular weight is 266 g/mol. The molecule has 3 heterocycles. The van der Waals surface area contributed by atoms with E-state index in [0.717, 1.165) is 4.52 Å². The van der Waals surface area contributed by atoms with Crippen LogP contribution in [0.15, 0.2) is 18.6 Å². The number of fused-ring (bicyclic) bond motifs is 1. The summed E-state index contributed by atoms with van der Waals surface area (Å²) in [6, 6.07) is 0. The van der Waals surface area contributed by atoms with E-state index in [-0.39, 0.29) is 17.3 Å². The molecule has 0 amide bonds. The summed E-state index contributed by atoms with van der Waals surface area (Å²) in [6.45, 7) is -6.61. The molecule has 3 aromatic rings. The van der Waals surface area contributed by atoms with Crippen molar-refractivity contribution in [3.05, 3.63) is 18.6 Å². The van der Waals surface area contributed by atoms with Crippen LogP contribution in [0.3, 0.4) is 0 Å². The fourth-order valence-corrected chi connectivity index (χ4v) is 1.62. The Kier molecular flexibility index (Phi) is 1.34. The lowest BCUT2D eigenvalue weighted by molar-refractivity contribution is 0.227. The third-order valence-corrected chi connectivity index (χ3v) is 2.32. The third-order valence-electron chi connectivity index (χ3n) is 2.32. The molecular weight excluding hydrogens is 246 g/mol. The van der Waals surface area contributed by atoms with Gasteiger partial charge in [0.2, 0.25) is 11.8 Å². The zero-order chi connectivity index (χ0) is 19.3. The Morgan fingerprint density at radius 3 is 3.16 bits per heavy atom. The maximum Gasteiger partial charge on any atom is 0.244 e. The monoisotopic (exact) mass is 266 g/mol. The largest absolute Gasteiger partial charge is 0.473 e. The molecule has 3 aromatic heterocycles. The number of ether oxygens (including phenoxy) is 1. The van der Waals surface area contributed by atoms with E-state index in [0.29, 0.717) is 5.56 Å². The Balaban J connectivity index is 2.27. The summed E-state index contributed by atoms with van der Waals surface area (Å²) in [7, 11) is 0. The minimum atomic E-state index is -3.31. The fraction of sp³-hybridized carbons (Fsp3) is 0.273. The van der Waals surface area contributed by atoms with E-state index in [9.17, 15) is 0 Å². The number of H-pyrrole nitrogens is 1. The molecule has 0 aliphatic heterocycles. The Morgan fingerprint density at radius 1 is 1.53 bits per heavy atom. The lowest BCUT2D eigenvalue weighted by Crippen LogP contribution is -2.11. The van der Waals surface area contributed by atoms with Gasteiger partial charge in [0.05, 0.1) is 19.8 Å². The number of rotatable bonds is 3. The van der Waals surface area contributed by atoms with Crippen LogP contribution in [-0.2, 0) is 0 Å². The van der Waals surface area contributed by atoms with Gasteiger partial charge in [0.1, 0.15) is 5.69 Å². The number of aromatic amines is 1. The normalized spacial score (nSPS) is 18.6. The SMILES string of the molecule is [2H]C([2H])([2H])C([2H])(Oc1c(-c2cn[nH]c2)ncc2nc(N)nn12)C([2H])([2H])[2H]. The van der Waals surface area contributed by atoms with Crippen LogP contribution in [0.25, 0.3) is 16.9 Å². The summed E-state index contributed by atoms with van der Waals surface area (Å²) in [5.74, 6) is -0.574. The average Bonchev–Trinajstić information content (AvgIpc) is 3.13. The van der Waals surface area contributed by atoms with Crippen LogP contribution in [-0.4, -0.2) is 35.9 Å². The number of hydrogen-bond donors (Lipinski definition) is 2. The van der Waals surface area contributed by atoms with Gasteiger partial charge in [-0.05, 0) is 13.7 Å². The van der Waals surface area contributed by atoms with Crippen LogP contribution in [0, 0.1) is 0 Å². The van der Waals surface area contributed by atoms with Crippen LogP contribution in [0.5, 0.6) is 5.88 Å². The topological polar surface area (TPSA) is 107 Å². The standard InChI is InChI=1S/C11H13N7O/c1-6(2)19-10-9(7-3-14-15-4-7)13-5-8-16-11(12)17-18(8)10/h3-6H,1-2H3,(H2,12,17)(H,14,15)/i1D3,2D3,6D. The Bertz CT molecular complexity index is 917. The smallest absolute Gasteiger partial charge is 0.244 e. The van der Waals surface area contributed by atoms with Crippen LogP contribution >= 0.6 is 0 Å². The van der Waals surface area contributed by atoms with Gasteiger partial charge in [-0.15, -0.1) is 5.10 Å². The van der Waals surface area contributed by atoms with Crippen LogP contribution < -0.4 is 10.5 Å². The maximum atomic E-state index is 8.07. The highest BCUT2D eigenvalue weighted by atomic mass is 16.5. The molecule has 0 aliphatic rings. The van der Waals surface area contributed by atoms with Crippen LogP contribution in [0.4, 0.5) is 5.95 Å². The number of nitrogens with one attached hydrogen (secondary N) is 1. The van der Waals surface area contributed by atoms with Crippen LogP contribution in [0.2, 0.25) is 0 Å². The van der Waals surface area contributed by atoms with Gasteiger partial charge >= 0.3 is 0 Å². The van der Waals surface area contributed by atoms with Crippen molar-refractivity contribution in [3.63, 3.8) is 0 Å². The van der Waals surface area contributed by atoms with Crippen molar-refractivity contribution in [2.24, 2.45) is 0 Å². The first kappa shape index (κ1) is 6.00. The Morgan fingerprint density at radius 2 is 2.42 bits per heavy atom. The number of anilines is 1. The quantitative estimate of drug-likeness (QED) is 0.728. The van der Waals surface area contributed by atoms with Crippen molar-refractivity contribution < 1.29 is 14.3 Å².